The molecule has 0 radical (unpaired) electrons. The van der Waals surface area contributed by atoms with Gasteiger partial charge in [-0.15, -0.1) is 0 Å². The van der Waals surface area contributed by atoms with Crippen LogP contribution in [0.2, 0.25) is 0 Å². The number of alkyl halides is 6. The lowest BCUT2D eigenvalue weighted by molar-refractivity contribution is -0.138. The Hall–Kier alpha value is -4.03. The number of esters is 1. The van der Waals surface area contributed by atoms with Gasteiger partial charge in [0.25, 0.3) is 5.91 Å². The van der Waals surface area contributed by atoms with Crippen molar-refractivity contribution in [3.05, 3.63) is 71.1 Å². The largest absolute Gasteiger partial charge is 0.416 e. The summed E-state index contributed by atoms with van der Waals surface area (Å²) in [6.45, 7) is 1.01. The Labute approximate surface area is 189 Å². The average molecular weight is 489 g/mol. The summed E-state index contributed by atoms with van der Waals surface area (Å²) in [5.74, 6) is -2.38. The number of anilines is 2. The lowest BCUT2D eigenvalue weighted by atomic mass is 10.2. The summed E-state index contributed by atoms with van der Waals surface area (Å²) < 4.78 is 81.5. The predicted octanol–water partition coefficient (Wildman–Crippen LogP) is 5.18. The fourth-order valence-corrected chi connectivity index (χ4v) is 2.43. The molecule has 2 aromatic carbocycles. The molecule has 2 aromatic rings. The highest BCUT2D eigenvalue weighted by Crippen LogP contribution is 2.31. The third-order valence-electron chi connectivity index (χ3n) is 3.96. The third kappa shape index (κ3) is 7.53. The molecule has 0 unspecified atom stereocenters. The van der Waals surface area contributed by atoms with Crippen LogP contribution in [0.5, 0.6) is 0 Å². The van der Waals surface area contributed by atoms with Gasteiger partial charge in [-0.1, -0.05) is 5.16 Å². The number of hydrogen-bond acceptors (Lipinski definition) is 6. The van der Waals surface area contributed by atoms with E-state index in [1.165, 1.54) is 0 Å². The molecular formula is C21H17F6N3O4. The SMILES string of the molecule is CO/N=C/C(C(=O)Nc1ccc(C(F)(F)F)cc1)=C(/Nc1ccc(C(F)(F)F)cc1)OC(C)=O. The molecule has 2 rings (SSSR count). The van der Waals surface area contributed by atoms with E-state index in [0.29, 0.717) is 0 Å². The zero-order valence-corrected chi connectivity index (χ0v) is 17.5. The van der Waals surface area contributed by atoms with Gasteiger partial charge in [0.1, 0.15) is 12.7 Å². The van der Waals surface area contributed by atoms with Gasteiger partial charge in [-0.2, -0.15) is 26.3 Å². The second-order valence-electron chi connectivity index (χ2n) is 6.48. The highest BCUT2D eigenvalue weighted by atomic mass is 19.4. The third-order valence-corrected chi connectivity index (χ3v) is 3.96. The minimum absolute atomic E-state index is 0.0231. The summed E-state index contributed by atoms with van der Waals surface area (Å²) in [4.78, 5) is 28.9. The van der Waals surface area contributed by atoms with Crippen molar-refractivity contribution < 1.29 is 45.5 Å². The molecule has 0 saturated carbocycles. The molecule has 0 fully saturated rings. The fraction of sp³-hybridized carbons (Fsp3) is 0.190. The first kappa shape index (κ1) is 26.2. The molecule has 0 spiro atoms. The zero-order valence-electron chi connectivity index (χ0n) is 17.5. The number of nitrogens with one attached hydrogen (secondary N) is 2. The number of benzene rings is 2. The van der Waals surface area contributed by atoms with Gasteiger partial charge in [0.2, 0.25) is 5.88 Å². The molecule has 0 aliphatic carbocycles. The maximum atomic E-state index is 12.8. The Morgan fingerprint density at radius 3 is 1.65 bits per heavy atom. The first-order chi connectivity index (χ1) is 15.8. The van der Waals surface area contributed by atoms with Gasteiger partial charge in [-0.25, -0.2) is 0 Å². The van der Waals surface area contributed by atoms with Crippen molar-refractivity contribution in [3.8, 4) is 0 Å². The molecule has 0 atom stereocenters. The molecule has 13 heteroatoms. The molecule has 2 N–H and O–H groups in total. The van der Waals surface area contributed by atoms with Gasteiger partial charge in [0, 0.05) is 18.3 Å². The van der Waals surface area contributed by atoms with E-state index in [9.17, 15) is 35.9 Å². The van der Waals surface area contributed by atoms with Crippen LogP contribution in [0, 0.1) is 0 Å². The van der Waals surface area contributed by atoms with Crippen LogP contribution < -0.4 is 10.6 Å². The smallest absolute Gasteiger partial charge is 0.409 e. The number of rotatable bonds is 7. The molecule has 0 bridgehead atoms. The van der Waals surface area contributed by atoms with Crippen LogP contribution in [0.25, 0.3) is 0 Å². The lowest BCUT2D eigenvalue weighted by Gasteiger charge is -2.15. The van der Waals surface area contributed by atoms with E-state index in [1.54, 1.807) is 0 Å². The number of amides is 1. The number of hydrogen-bond donors (Lipinski definition) is 2. The summed E-state index contributed by atoms with van der Waals surface area (Å²) >= 11 is 0. The van der Waals surface area contributed by atoms with Crippen molar-refractivity contribution in [2.75, 3.05) is 17.7 Å². The maximum Gasteiger partial charge on any atom is 0.416 e. The van der Waals surface area contributed by atoms with E-state index in [-0.39, 0.29) is 11.4 Å². The molecule has 0 heterocycles. The number of halogens is 6. The van der Waals surface area contributed by atoms with Crippen LogP contribution in [0.3, 0.4) is 0 Å². The zero-order chi connectivity index (χ0) is 25.5. The van der Waals surface area contributed by atoms with Gasteiger partial charge in [-0.05, 0) is 48.5 Å². The summed E-state index contributed by atoms with van der Waals surface area (Å²) in [6.07, 6.45) is -8.31. The maximum absolute atomic E-state index is 12.8. The minimum atomic E-state index is -4.58. The average Bonchev–Trinajstić information content (AvgIpc) is 2.73. The van der Waals surface area contributed by atoms with Crippen LogP contribution in [0.1, 0.15) is 18.1 Å². The molecular weight excluding hydrogens is 472 g/mol. The van der Waals surface area contributed by atoms with Crippen molar-refractivity contribution in [1.29, 1.82) is 0 Å². The Morgan fingerprint density at radius 1 is 0.824 bits per heavy atom. The highest BCUT2D eigenvalue weighted by molar-refractivity contribution is 6.18. The molecule has 7 nitrogen and oxygen atoms in total. The van der Waals surface area contributed by atoms with Gasteiger partial charge in [0.15, 0.2) is 0 Å². The van der Waals surface area contributed by atoms with Crippen molar-refractivity contribution in [1.82, 2.24) is 0 Å². The first-order valence-electron chi connectivity index (χ1n) is 9.23. The van der Waals surface area contributed by atoms with Crippen LogP contribution in [-0.2, 0) is 31.5 Å². The van der Waals surface area contributed by atoms with E-state index >= 15 is 0 Å². The number of carbonyl (C=O) groups is 2. The lowest BCUT2D eigenvalue weighted by Crippen LogP contribution is -2.22. The number of carbonyl (C=O) groups excluding carboxylic acids is 2. The summed E-state index contributed by atoms with van der Waals surface area (Å²) in [6, 6.07) is 7.08. The molecule has 0 aromatic heterocycles. The summed E-state index contributed by atoms with van der Waals surface area (Å²) in [7, 11) is 1.15. The Kier molecular flexibility index (Phi) is 8.27. The first-order valence-corrected chi connectivity index (χ1v) is 9.23. The minimum Gasteiger partial charge on any atom is -0.409 e. The molecule has 1 amide bonds. The second kappa shape index (κ2) is 10.7. The van der Waals surface area contributed by atoms with Gasteiger partial charge < -0.3 is 20.2 Å². The van der Waals surface area contributed by atoms with Crippen molar-refractivity contribution in [2.45, 2.75) is 19.3 Å². The monoisotopic (exact) mass is 489 g/mol. The molecule has 34 heavy (non-hydrogen) atoms. The van der Waals surface area contributed by atoms with Crippen LogP contribution in [0.15, 0.2) is 65.1 Å². The van der Waals surface area contributed by atoms with Gasteiger partial charge >= 0.3 is 18.3 Å². The van der Waals surface area contributed by atoms with Crippen molar-refractivity contribution in [3.63, 3.8) is 0 Å². The molecule has 0 aliphatic rings. The van der Waals surface area contributed by atoms with Crippen LogP contribution >= 0.6 is 0 Å². The van der Waals surface area contributed by atoms with Crippen molar-refractivity contribution in [2.24, 2.45) is 5.16 Å². The molecule has 0 saturated heterocycles. The van der Waals surface area contributed by atoms with Crippen molar-refractivity contribution >= 4 is 29.5 Å². The summed E-state index contributed by atoms with van der Waals surface area (Å²) in [5.41, 5.74) is -2.33. The van der Waals surface area contributed by atoms with E-state index in [4.69, 9.17) is 4.74 Å². The highest BCUT2D eigenvalue weighted by Gasteiger charge is 2.31. The van der Waals surface area contributed by atoms with E-state index in [0.717, 1.165) is 68.8 Å². The topological polar surface area (TPSA) is 89.0 Å². The number of nitrogens with zero attached hydrogens (tertiary/aromatic N) is 1. The molecule has 0 aliphatic heterocycles. The Bertz CT molecular complexity index is 1080. The van der Waals surface area contributed by atoms with E-state index < -0.39 is 46.8 Å². The van der Waals surface area contributed by atoms with Gasteiger partial charge in [-0.3, -0.25) is 9.59 Å². The number of oxime groups is 1. The Morgan fingerprint density at radius 2 is 1.26 bits per heavy atom. The van der Waals surface area contributed by atoms with Gasteiger partial charge in [0.05, 0.1) is 17.3 Å². The fourth-order valence-electron chi connectivity index (χ4n) is 2.43. The second-order valence-corrected chi connectivity index (χ2v) is 6.48. The van der Waals surface area contributed by atoms with Crippen LogP contribution in [0.4, 0.5) is 37.7 Å². The van der Waals surface area contributed by atoms with E-state index in [2.05, 4.69) is 20.6 Å². The quantitative estimate of drug-likeness (QED) is 0.140. The standard InChI is InChI=1S/C21H17F6N3O4/c1-12(31)34-19(30-16-9-5-14(6-10-16)21(25,26)27)17(11-28-33-2)18(32)29-15-7-3-13(4-8-15)20(22,23)24/h3-11,30H,1-2H3,(H,29,32)/b19-17+,28-11+. The normalized spacial score (nSPS) is 12.7. The molecule has 182 valence electrons. The number of ether oxygens (including phenoxy) is 1. The predicted molar refractivity (Wildman–Crippen MR) is 109 cm³/mol. The summed E-state index contributed by atoms with van der Waals surface area (Å²) in [5, 5.41) is 8.24. The Balaban J connectivity index is 2.40. The van der Waals surface area contributed by atoms with E-state index in [1.807, 2.05) is 0 Å². The van der Waals surface area contributed by atoms with Crippen LogP contribution in [-0.4, -0.2) is 25.2 Å².